The number of aromatic hydroxyl groups is 1. The number of hydrogen-bond acceptors (Lipinski definition) is 5. The summed E-state index contributed by atoms with van der Waals surface area (Å²) in [6.45, 7) is 1.74. The van der Waals surface area contributed by atoms with Crippen LogP contribution in [-0.4, -0.2) is 29.0 Å². The Morgan fingerprint density at radius 2 is 1.69 bits per heavy atom. The number of halogens is 3. The van der Waals surface area contributed by atoms with Crippen molar-refractivity contribution in [2.75, 3.05) is 12.0 Å². The highest BCUT2D eigenvalue weighted by atomic mass is 19.4. The van der Waals surface area contributed by atoms with E-state index >= 15 is 0 Å². The topological polar surface area (TPSA) is 87.1 Å². The summed E-state index contributed by atoms with van der Waals surface area (Å²) in [4.78, 5) is 27.2. The fraction of sp³-hybridized carbons (Fsp3) is 0.154. The van der Waals surface area contributed by atoms with Crippen LogP contribution in [0.4, 0.5) is 18.9 Å². The van der Waals surface area contributed by atoms with Crippen LogP contribution in [0.3, 0.4) is 0 Å². The van der Waals surface area contributed by atoms with E-state index in [4.69, 9.17) is 4.74 Å². The van der Waals surface area contributed by atoms with Crippen molar-refractivity contribution in [3.8, 4) is 11.5 Å². The van der Waals surface area contributed by atoms with Gasteiger partial charge in [-0.3, -0.25) is 14.5 Å². The van der Waals surface area contributed by atoms with Gasteiger partial charge in [0.1, 0.15) is 17.3 Å². The van der Waals surface area contributed by atoms with E-state index in [9.17, 15) is 33.0 Å². The summed E-state index contributed by atoms with van der Waals surface area (Å²) in [6.07, 6.45) is -4.58. The SMILES string of the molecule is COc1ccc(/C(O)=C2/C(=O)C(=O)N(c3ccc(C(F)(F)F)cc3)C2c2cccc(O)c2)cc1C. The first-order chi connectivity index (χ1) is 16.5. The fourth-order valence-electron chi connectivity index (χ4n) is 4.10. The number of ether oxygens (including phenoxy) is 1. The van der Waals surface area contributed by atoms with Gasteiger partial charge in [0.05, 0.1) is 24.3 Å². The third-order valence-corrected chi connectivity index (χ3v) is 5.77. The van der Waals surface area contributed by atoms with Gasteiger partial charge in [-0.1, -0.05) is 12.1 Å². The van der Waals surface area contributed by atoms with Crippen molar-refractivity contribution < 1.29 is 37.7 Å². The molecule has 1 amide bonds. The zero-order valence-corrected chi connectivity index (χ0v) is 18.6. The van der Waals surface area contributed by atoms with Crippen LogP contribution in [0.15, 0.2) is 72.3 Å². The summed E-state index contributed by atoms with van der Waals surface area (Å²) in [5, 5.41) is 21.2. The Morgan fingerprint density at radius 1 is 1.00 bits per heavy atom. The van der Waals surface area contributed by atoms with Gasteiger partial charge in [-0.15, -0.1) is 0 Å². The summed E-state index contributed by atoms with van der Waals surface area (Å²) < 4.78 is 44.4. The van der Waals surface area contributed by atoms with Crippen LogP contribution in [0, 0.1) is 6.92 Å². The van der Waals surface area contributed by atoms with E-state index in [0.29, 0.717) is 11.3 Å². The van der Waals surface area contributed by atoms with Crippen molar-refractivity contribution in [1.29, 1.82) is 0 Å². The summed E-state index contributed by atoms with van der Waals surface area (Å²) in [6, 6.07) is 13.0. The summed E-state index contributed by atoms with van der Waals surface area (Å²) in [7, 11) is 1.49. The number of phenolic OH excluding ortho intramolecular Hbond substituents is 1. The monoisotopic (exact) mass is 483 g/mol. The van der Waals surface area contributed by atoms with Gasteiger partial charge in [0, 0.05) is 11.3 Å². The molecule has 0 bridgehead atoms. The summed E-state index contributed by atoms with van der Waals surface area (Å²) in [5.41, 5.74) is 0.0566. The van der Waals surface area contributed by atoms with Gasteiger partial charge in [-0.25, -0.2) is 0 Å². The summed E-state index contributed by atoms with van der Waals surface area (Å²) >= 11 is 0. The molecular weight excluding hydrogens is 463 g/mol. The second-order valence-corrected chi connectivity index (χ2v) is 7.99. The van der Waals surface area contributed by atoms with Gasteiger partial charge < -0.3 is 14.9 Å². The lowest BCUT2D eigenvalue weighted by Gasteiger charge is -2.26. The van der Waals surface area contributed by atoms with Crippen molar-refractivity contribution in [3.63, 3.8) is 0 Å². The molecule has 9 heteroatoms. The van der Waals surface area contributed by atoms with Gasteiger partial charge in [0.2, 0.25) is 0 Å². The molecule has 3 aromatic carbocycles. The predicted octanol–water partition coefficient (Wildman–Crippen LogP) is 5.35. The normalized spacial score (nSPS) is 17.6. The molecule has 1 saturated heterocycles. The average molecular weight is 483 g/mol. The van der Waals surface area contributed by atoms with E-state index in [1.54, 1.807) is 25.1 Å². The largest absolute Gasteiger partial charge is 0.508 e. The van der Waals surface area contributed by atoms with Crippen LogP contribution < -0.4 is 9.64 Å². The lowest BCUT2D eigenvalue weighted by Crippen LogP contribution is -2.29. The van der Waals surface area contributed by atoms with E-state index in [2.05, 4.69) is 0 Å². The predicted molar refractivity (Wildman–Crippen MR) is 122 cm³/mol. The Kier molecular flexibility index (Phi) is 6.02. The molecule has 6 nitrogen and oxygen atoms in total. The second-order valence-electron chi connectivity index (χ2n) is 7.99. The zero-order valence-electron chi connectivity index (χ0n) is 18.6. The smallest absolute Gasteiger partial charge is 0.416 e. The molecule has 0 aromatic heterocycles. The van der Waals surface area contributed by atoms with E-state index in [-0.39, 0.29) is 28.1 Å². The first-order valence-corrected chi connectivity index (χ1v) is 10.4. The maximum absolute atomic E-state index is 13.1. The van der Waals surface area contributed by atoms with Gasteiger partial charge in [-0.05, 0) is 72.6 Å². The second kappa shape index (κ2) is 8.83. The van der Waals surface area contributed by atoms with Gasteiger partial charge in [-0.2, -0.15) is 13.2 Å². The average Bonchev–Trinajstić information content (AvgIpc) is 3.08. The minimum atomic E-state index is -4.58. The van der Waals surface area contributed by atoms with Crippen molar-refractivity contribution in [2.24, 2.45) is 0 Å². The lowest BCUT2D eigenvalue weighted by molar-refractivity contribution is -0.137. The maximum Gasteiger partial charge on any atom is 0.416 e. The molecule has 35 heavy (non-hydrogen) atoms. The molecule has 1 fully saturated rings. The van der Waals surface area contributed by atoms with Crippen molar-refractivity contribution in [2.45, 2.75) is 19.1 Å². The molecule has 1 aliphatic rings. The number of methoxy groups -OCH3 is 1. The highest BCUT2D eigenvalue weighted by molar-refractivity contribution is 6.51. The molecular formula is C26H20F3NO5. The Hall–Kier alpha value is -4.27. The van der Waals surface area contributed by atoms with Crippen LogP contribution in [-0.2, 0) is 15.8 Å². The number of aliphatic hydroxyl groups is 1. The zero-order chi connectivity index (χ0) is 25.5. The minimum absolute atomic E-state index is 0.0263. The number of ketones is 1. The number of hydrogen-bond donors (Lipinski definition) is 2. The third kappa shape index (κ3) is 4.32. The molecule has 0 radical (unpaired) electrons. The fourth-order valence-corrected chi connectivity index (χ4v) is 4.10. The molecule has 2 N–H and O–H groups in total. The number of benzene rings is 3. The van der Waals surface area contributed by atoms with Crippen LogP contribution in [0.1, 0.15) is 28.3 Å². The number of Topliss-reactive ketones (excluding diaryl/α,β-unsaturated/α-hetero) is 1. The molecule has 0 aliphatic carbocycles. The van der Waals surface area contributed by atoms with Gasteiger partial charge in [0.25, 0.3) is 11.7 Å². The number of alkyl halides is 3. The number of anilines is 1. The Balaban J connectivity index is 1.91. The molecule has 1 aliphatic heterocycles. The van der Waals surface area contributed by atoms with E-state index in [1.807, 2.05) is 0 Å². The Bertz CT molecular complexity index is 1350. The van der Waals surface area contributed by atoms with Gasteiger partial charge >= 0.3 is 6.18 Å². The van der Waals surface area contributed by atoms with E-state index in [1.165, 1.54) is 31.4 Å². The van der Waals surface area contributed by atoms with Crippen molar-refractivity contribution in [3.05, 3.63) is 94.6 Å². The van der Waals surface area contributed by atoms with Gasteiger partial charge in [0.15, 0.2) is 0 Å². The maximum atomic E-state index is 13.1. The van der Waals surface area contributed by atoms with Crippen LogP contribution in [0.5, 0.6) is 11.5 Å². The highest BCUT2D eigenvalue weighted by Gasteiger charge is 2.47. The number of aryl methyl sites for hydroxylation is 1. The van der Waals surface area contributed by atoms with Crippen LogP contribution >= 0.6 is 0 Å². The molecule has 1 atom stereocenters. The number of aliphatic hydroxyl groups excluding tert-OH is 1. The molecule has 1 unspecified atom stereocenters. The Morgan fingerprint density at radius 3 is 2.26 bits per heavy atom. The molecule has 1 heterocycles. The number of nitrogens with zero attached hydrogens (tertiary/aromatic N) is 1. The first-order valence-electron chi connectivity index (χ1n) is 10.4. The summed E-state index contributed by atoms with van der Waals surface area (Å²) in [5.74, 6) is -2.09. The number of rotatable bonds is 4. The number of carbonyl (C=O) groups is 2. The first kappa shape index (κ1) is 23.9. The Labute approximate surface area is 198 Å². The highest BCUT2D eigenvalue weighted by Crippen LogP contribution is 2.43. The number of phenols is 1. The lowest BCUT2D eigenvalue weighted by atomic mass is 9.94. The number of amides is 1. The van der Waals surface area contributed by atoms with Crippen molar-refractivity contribution in [1.82, 2.24) is 0 Å². The molecule has 180 valence electrons. The molecule has 3 aromatic rings. The van der Waals surface area contributed by atoms with Crippen LogP contribution in [0.2, 0.25) is 0 Å². The van der Waals surface area contributed by atoms with Crippen molar-refractivity contribution >= 4 is 23.1 Å². The van der Waals surface area contributed by atoms with E-state index < -0.39 is 35.2 Å². The van der Waals surface area contributed by atoms with Crippen LogP contribution in [0.25, 0.3) is 5.76 Å². The minimum Gasteiger partial charge on any atom is -0.508 e. The quantitative estimate of drug-likeness (QED) is 0.297. The van der Waals surface area contributed by atoms with E-state index in [0.717, 1.165) is 29.2 Å². The third-order valence-electron chi connectivity index (χ3n) is 5.77. The molecule has 0 spiro atoms. The molecule has 0 saturated carbocycles. The standard InChI is InChI=1S/C26H20F3NO5/c1-14-12-16(6-11-20(14)35-2)23(32)21-22(15-4-3-5-19(31)13-15)30(25(34)24(21)33)18-9-7-17(8-10-18)26(27,28)29/h3-13,22,31-32H,1-2H3/b23-21-. The number of carbonyl (C=O) groups excluding carboxylic acids is 2. The molecule has 4 rings (SSSR count).